The molecule has 33 heavy (non-hydrogen) atoms. The Labute approximate surface area is 179 Å². The van der Waals surface area contributed by atoms with Gasteiger partial charge in [-0.25, -0.2) is 0 Å². The largest absolute Gasteiger partial charge is 0.460 e. The van der Waals surface area contributed by atoms with Gasteiger partial charge in [-0.05, 0) is 17.7 Å². The Morgan fingerprint density at radius 2 is 1.12 bits per heavy atom. The molecule has 0 N–H and O–H groups in total. The second-order valence-corrected chi connectivity index (χ2v) is 6.99. The normalized spacial score (nSPS) is 16.2. The highest BCUT2D eigenvalue weighted by molar-refractivity contribution is 6.30. The minimum atomic E-state index is -8.31. The third-order valence-corrected chi connectivity index (χ3v) is 4.57. The molecule has 0 saturated heterocycles. The second-order valence-electron chi connectivity index (χ2n) is 6.56. The summed E-state index contributed by atoms with van der Waals surface area (Å²) in [6, 6.07) is 3.82. The van der Waals surface area contributed by atoms with Gasteiger partial charge in [0, 0.05) is 18.6 Å². The summed E-state index contributed by atoms with van der Waals surface area (Å²) in [5.74, 6) is -46.7. The van der Waals surface area contributed by atoms with Gasteiger partial charge in [-0.1, -0.05) is 23.7 Å². The van der Waals surface area contributed by atoms with E-state index in [1.807, 2.05) is 0 Å². The van der Waals surface area contributed by atoms with Crippen LogP contribution in [0.2, 0.25) is 5.02 Å². The Bertz CT molecular complexity index is 833. The van der Waals surface area contributed by atoms with E-state index < -0.39 is 59.8 Å². The highest BCUT2D eigenvalue weighted by Gasteiger charge is 2.93. The predicted molar refractivity (Wildman–Crippen MR) is 81.6 cm³/mol. The van der Waals surface area contributed by atoms with Crippen LogP contribution in [0.15, 0.2) is 24.3 Å². The van der Waals surface area contributed by atoms with Gasteiger partial charge in [0.25, 0.3) is 0 Å². The third kappa shape index (κ3) is 4.56. The maximum absolute atomic E-state index is 14.0. The summed E-state index contributed by atoms with van der Waals surface area (Å²) in [4.78, 5) is 0. The van der Waals surface area contributed by atoms with Crippen LogP contribution in [0.5, 0.6) is 0 Å². The van der Waals surface area contributed by atoms with E-state index in [0.717, 1.165) is 24.3 Å². The van der Waals surface area contributed by atoms with Crippen LogP contribution in [0.25, 0.3) is 0 Å². The molecule has 1 atom stereocenters. The lowest BCUT2D eigenvalue weighted by atomic mass is 9.88. The lowest BCUT2D eigenvalue weighted by Gasteiger charge is -2.42. The molecule has 0 amide bonds. The molecule has 0 aliphatic heterocycles. The molecule has 1 aromatic carbocycles. The standard InChI is InChI=1S/C16H10ClF15O/c1-33-9(7-3-2-4-8(17)5-7)6-10(18,19)11(20,21)12(22,23)13(24,25)14(26,27)15(28,29)16(30,31)32/h2-5,9H,6H2,1H3. The van der Waals surface area contributed by atoms with Crippen LogP contribution in [0.1, 0.15) is 18.1 Å². The Morgan fingerprint density at radius 3 is 1.52 bits per heavy atom. The summed E-state index contributed by atoms with van der Waals surface area (Å²) < 4.78 is 203. The van der Waals surface area contributed by atoms with Gasteiger partial charge in [0.1, 0.15) is 0 Å². The molecule has 1 unspecified atom stereocenters. The molecular formula is C16H10ClF15O. The maximum Gasteiger partial charge on any atom is 0.460 e. The van der Waals surface area contributed by atoms with Crippen molar-refractivity contribution in [2.24, 2.45) is 0 Å². The Kier molecular flexibility index (Phi) is 7.65. The molecule has 0 spiro atoms. The Morgan fingerprint density at radius 1 is 0.697 bits per heavy atom. The van der Waals surface area contributed by atoms with Gasteiger partial charge in [-0.3, -0.25) is 0 Å². The van der Waals surface area contributed by atoms with Gasteiger partial charge in [-0.2, -0.15) is 65.9 Å². The van der Waals surface area contributed by atoms with Gasteiger partial charge in [0.15, 0.2) is 0 Å². The number of halogens is 16. The molecule has 0 saturated carbocycles. The summed E-state index contributed by atoms with van der Waals surface area (Å²) >= 11 is 5.51. The van der Waals surface area contributed by atoms with E-state index in [1.165, 1.54) is 0 Å². The average molecular weight is 539 g/mol. The van der Waals surface area contributed by atoms with E-state index in [1.54, 1.807) is 0 Å². The van der Waals surface area contributed by atoms with Crippen LogP contribution < -0.4 is 0 Å². The molecule has 0 radical (unpaired) electrons. The minimum absolute atomic E-state index is 0.226. The smallest absolute Gasteiger partial charge is 0.377 e. The number of hydrogen-bond donors (Lipinski definition) is 0. The molecule has 0 aliphatic carbocycles. The van der Waals surface area contributed by atoms with Gasteiger partial charge < -0.3 is 4.74 Å². The molecule has 1 nitrogen and oxygen atoms in total. The molecule has 1 aromatic rings. The van der Waals surface area contributed by atoms with Crippen LogP contribution in [-0.4, -0.2) is 48.8 Å². The highest BCUT2D eigenvalue weighted by atomic mass is 35.5. The zero-order valence-electron chi connectivity index (χ0n) is 15.5. The van der Waals surface area contributed by atoms with Crippen molar-refractivity contribution in [1.82, 2.24) is 0 Å². The quantitative estimate of drug-likeness (QED) is 0.292. The topological polar surface area (TPSA) is 9.23 Å². The number of ether oxygens (including phenoxy) is 1. The fraction of sp³-hybridized carbons (Fsp3) is 0.625. The van der Waals surface area contributed by atoms with Gasteiger partial charge in [0.2, 0.25) is 0 Å². The van der Waals surface area contributed by atoms with E-state index in [-0.39, 0.29) is 5.02 Å². The summed E-state index contributed by atoms with van der Waals surface area (Å²) in [7, 11) is 0.560. The van der Waals surface area contributed by atoms with E-state index >= 15 is 0 Å². The first-order chi connectivity index (χ1) is 14.4. The van der Waals surface area contributed by atoms with Crippen molar-refractivity contribution in [3.8, 4) is 0 Å². The number of hydrogen-bond acceptors (Lipinski definition) is 1. The fourth-order valence-electron chi connectivity index (χ4n) is 2.40. The van der Waals surface area contributed by atoms with Crippen LogP contribution in [0, 0.1) is 0 Å². The monoisotopic (exact) mass is 538 g/mol. The SMILES string of the molecule is COC(CC(F)(F)C(F)(F)C(F)(F)C(F)(F)C(F)(F)C(F)(F)C(F)(F)F)c1cccc(Cl)c1. The maximum atomic E-state index is 14.0. The van der Waals surface area contributed by atoms with Crippen LogP contribution in [0.4, 0.5) is 65.9 Å². The lowest BCUT2D eigenvalue weighted by molar-refractivity contribution is -0.453. The highest BCUT2D eigenvalue weighted by Crippen LogP contribution is 2.63. The first kappa shape index (κ1) is 29.5. The van der Waals surface area contributed by atoms with Gasteiger partial charge in [-0.15, -0.1) is 0 Å². The minimum Gasteiger partial charge on any atom is -0.377 e. The lowest BCUT2D eigenvalue weighted by Crippen LogP contribution is -2.72. The second kappa shape index (κ2) is 8.57. The van der Waals surface area contributed by atoms with Crippen molar-refractivity contribution >= 4 is 11.6 Å². The first-order valence-corrected chi connectivity index (χ1v) is 8.42. The van der Waals surface area contributed by atoms with Crippen LogP contribution in [-0.2, 0) is 4.74 Å². The molecular weight excluding hydrogens is 529 g/mol. The van der Waals surface area contributed by atoms with E-state index in [9.17, 15) is 65.9 Å². The summed E-state index contributed by atoms with van der Waals surface area (Å²) in [6.07, 6.45) is -12.6. The number of rotatable bonds is 9. The molecule has 17 heteroatoms. The molecule has 192 valence electrons. The molecule has 1 rings (SSSR count). The van der Waals surface area contributed by atoms with E-state index in [4.69, 9.17) is 11.6 Å². The number of alkyl halides is 15. The fourth-order valence-corrected chi connectivity index (χ4v) is 2.60. The molecule has 0 aliphatic rings. The molecule has 0 bridgehead atoms. The molecule has 0 fully saturated rings. The molecule has 0 heterocycles. The molecule has 0 aromatic heterocycles. The number of benzene rings is 1. The van der Waals surface area contributed by atoms with Crippen molar-refractivity contribution in [1.29, 1.82) is 0 Å². The van der Waals surface area contributed by atoms with E-state index in [0.29, 0.717) is 7.11 Å². The van der Waals surface area contributed by atoms with Crippen molar-refractivity contribution < 1.29 is 70.6 Å². The van der Waals surface area contributed by atoms with Crippen molar-refractivity contribution in [2.75, 3.05) is 7.11 Å². The van der Waals surface area contributed by atoms with Crippen molar-refractivity contribution in [2.45, 2.75) is 54.2 Å². The Hall–Kier alpha value is -1.58. The summed E-state index contributed by atoms with van der Waals surface area (Å²) in [5, 5.41) is -0.226. The zero-order chi connectivity index (χ0) is 26.5. The summed E-state index contributed by atoms with van der Waals surface area (Å²) in [5.41, 5.74) is -0.510. The third-order valence-electron chi connectivity index (χ3n) is 4.34. The van der Waals surface area contributed by atoms with Gasteiger partial charge in [0.05, 0.1) is 6.10 Å². The van der Waals surface area contributed by atoms with E-state index in [2.05, 4.69) is 4.74 Å². The first-order valence-electron chi connectivity index (χ1n) is 8.04. The number of methoxy groups -OCH3 is 1. The van der Waals surface area contributed by atoms with Crippen molar-refractivity contribution in [3.63, 3.8) is 0 Å². The average Bonchev–Trinajstić information content (AvgIpc) is 2.64. The zero-order valence-corrected chi connectivity index (χ0v) is 16.3. The van der Waals surface area contributed by atoms with Gasteiger partial charge >= 0.3 is 41.7 Å². The van der Waals surface area contributed by atoms with Crippen molar-refractivity contribution in [3.05, 3.63) is 34.9 Å². The van der Waals surface area contributed by atoms with Crippen LogP contribution in [0.3, 0.4) is 0 Å². The predicted octanol–water partition coefficient (Wildman–Crippen LogP) is 7.79. The Balaban J connectivity index is 3.50. The van der Waals surface area contributed by atoms with Crippen LogP contribution >= 0.6 is 11.6 Å². The summed E-state index contributed by atoms with van der Waals surface area (Å²) in [6.45, 7) is 0.